The molecule has 0 unspecified atom stereocenters. The van der Waals surface area contributed by atoms with E-state index < -0.39 is 0 Å². The van der Waals surface area contributed by atoms with Gasteiger partial charge < -0.3 is 61.9 Å². The van der Waals surface area contributed by atoms with Crippen LogP contribution in [0.4, 0.5) is 0 Å². The summed E-state index contributed by atoms with van der Waals surface area (Å²) >= 11 is 0. The average molecular weight is 889 g/mol. The molecule has 0 saturated heterocycles. The second-order valence-corrected chi connectivity index (χ2v) is 17.5. The van der Waals surface area contributed by atoms with Gasteiger partial charge in [-0.1, -0.05) is 143 Å². The Labute approximate surface area is 354 Å². The minimum absolute atomic E-state index is 0. The highest BCUT2D eigenvalue weighted by Gasteiger charge is 2.32. The fourth-order valence-corrected chi connectivity index (χ4v) is 6.89. The summed E-state index contributed by atoms with van der Waals surface area (Å²) in [4.78, 5) is 0. The van der Waals surface area contributed by atoms with E-state index in [9.17, 15) is 0 Å². The molecule has 0 aliphatic rings. The van der Waals surface area contributed by atoms with E-state index in [4.69, 9.17) is 18.9 Å². The topological polar surface area (TPSA) is 36.9 Å². The van der Waals surface area contributed by atoms with Gasteiger partial charge in [-0.25, -0.2) is 0 Å². The summed E-state index contributed by atoms with van der Waals surface area (Å²) in [6.45, 7) is 20.2. The molecule has 0 aromatic rings. The van der Waals surface area contributed by atoms with Crippen LogP contribution in [0.3, 0.4) is 0 Å². The van der Waals surface area contributed by atoms with Crippen LogP contribution in [0.15, 0.2) is 0 Å². The summed E-state index contributed by atoms with van der Waals surface area (Å²) in [6.07, 6.45) is 31.1. The second kappa shape index (κ2) is 40.9. The molecule has 0 atom stereocenters. The Hall–Kier alpha value is 0.720. The summed E-state index contributed by atoms with van der Waals surface area (Å²) in [7, 11) is 9.39. The highest BCUT2D eigenvalue weighted by atomic mass is 79.9. The predicted molar refractivity (Wildman–Crippen MR) is 223 cm³/mol. The molecule has 53 heavy (non-hydrogen) atoms. The maximum absolute atomic E-state index is 6.59. The van der Waals surface area contributed by atoms with Crippen LogP contribution in [0.1, 0.15) is 182 Å². The van der Waals surface area contributed by atoms with Crippen LogP contribution >= 0.6 is 0 Å². The third-order valence-corrected chi connectivity index (χ3v) is 10.9. The van der Waals surface area contributed by atoms with E-state index in [0.29, 0.717) is 0 Å². The van der Waals surface area contributed by atoms with Crippen molar-refractivity contribution in [3.05, 3.63) is 0 Å². The number of hydrogen-bond acceptors (Lipinski definition) is 4. The molecular weight excluding hydrogens is 792 g/mol. The number of nitrogens with zero attached hydrogens (tertiary/aromatic N) is 2. The molecule has 0 fully saturated rings. The van der Waals surface area contributed by atoms with E-state index in [1.54, 1.807) is 0 Å². The first-order valence-electron chi connectivity index (χ1n) is 22.6. The van der Waals surface area contributed by atoms with Gasteiger partial charge in [0.25, 0.3) is 0 Å². The molecule has 8 heteroatoms. The van der Waals surface area contributed by atoms with Gasteiger partial charge in [-0.15, -0.1) is 0 Å². The van der Waals surface area contributed by atoms with Gasteiger partial charge in [-0.2, -0.15) is 0 Å². The Morgan fingerprint density at radius 2 is 0.623 bits per heavy atom. The summed E-state index contributed by atoms with van der Waals surface area (Å²) in [5.41, 5.74) is -0.0821. The molecule has 0 aromatic carbocycles. The molecule has 0 spiro atoms. The van der Waals surface area contributed by atoms with E-state index in [-0.39, 0.29) is 39.4 Å². The maximum atomic E-state index is 6.59. The van der Waals surface area contributed by atoms with Gasteiger partial charge in [-0.05, 0) is 38.5 Å². The number of quaternary nitrogens is 2. The van der Waals surface area contributed by atoms with Crippen LogP contribution in [0.2, 0.25) is 0 Å². The molecule has 0 bridgehead atoms. The maximum Gasteiger partial charge on any atom is 0.102 e. The van der Waals surface area contributed by atoms with Crippen LogP contribution in [0.25, 0.3) is 0 Å². The monoisotopic (exact) mass is 887 g/mol. The third kappa shape index (κ3) is 39.3. The largest absolute Gasteiger partial charge is 1.00 e. The third-order valence-electron chi connectivity index (χ3n) is 10.9. The van der Waals surface area contributed by atoms with Crippen molar-refractivity contribution in [2.75, 3.05) is 107 Å². The van der Waals surface area contributed by atoms with Crippen molar-refractivity contribution < 1.29 is 61.9 Å². The summed E-state index contributed by atoms with van der Waals surface area (Å²) < 4.78 is 27.7. The molecular formula is C45H96Br2N2O4. The van der Waals surface area contributed by atoms with Crippen molar-refractivity contribution in [2.45, 2.75) is 182 Å². The minimum Gasteiger partial charge on any atom is -1.00 e. The predicted octanol–water partition coefficient (Wildman–Crippen LogP) is 5.64. The lowest BCUT2D eigenvalue weighted by Gasteiger charge is -2.35. The Morgan fingerprint density at radius 3 is 1.02 bits per heavy atom. The Kier molecular flexibility index (Phi) is 44.8. The zero-order chi connectivity index (χ0) is 37.8. The van der Waals surface area contributed by atoms with Crippen molar-refractivity contribution in [2.24, 2.45) is 5.41 Å². The van der Waals surface area contributed by atoms with Gasteiger partial charge >= 0.3 is 0 Å². The van der Waals surface area contributed by atoms with Crippen LogP contribution in [-0.4, -0.2) is 116 Å². The second-order valence-electron chi connectivity index (χ2n) is 17.5. The van der Waals surface area contributed by atoms with Gasteiger partial charge in [0, 0.05) is 25.2 Å². The van der Waals surface area contributed by atoms with Crippen molar-refractivity contribution in [1.82, 2.24) is 0 Å². The quantitative estimate of drug-likeness (QED) is 0.0588. The molecule has 0 aliphatic heterocycles. The molecule has 0 radical (unpaired) electrons. The Morgan fingerprint density at radius 1 is 0.321 bits per heavy atom. The minimum atomic E-state index is -0.0821. The number of likely N-dealkylation sites (N-methyl/N-ethyl adjacent to an activating group) is 2. The van der Waals surface area contributed by atoms with Gasteiger partial charge in [-0.3, -0.25) is 0 Å². The first-order valence-corrected chi connectivity index (χ1v) is 22.6. The van der Waals surface area contributed by atoms with E-state index in [0.717, 1.165) is 81.3 Å². The smallest absolute Gasteiger partial charge is 0.102 e. The molecule has 6 nitrogen and oxygen atoms in total. The molecule has 0 N–H and O–H groups in total. The number of hydrogen-bond donors (Lipinski definition) is 0. The summed E-state index contributed by atoms with van der Waals surface area (Å²) in [5, 5.41) is 0. The Bertz CT molecular complexity index is 656. The lowest BCUT2D eigenvalue weighted by molar-refractivity contribution is -0.891. The zero-order valence-corrected chi connectivity index (χ0v) is 40.4. The van der Waals surface area contributed by atoms with Gasteiger partial charge in [0.15, 0.2) is 0 Å². The summed E-state index contributed by atoms with van der Waals surface area (Å²) in [5.74, 6) is 0. The van der Waals surface area contributed by atoms with Crippen LogP contribution in [0, 0.1) is 5.41 Å². The number of ether oxygens (including phenoxy) is 4. The van der Waals surface area contributed by atoms with Crippen molar-refractivity contribution in [1.29, 1.82) is 0 Å². The molecule has 0 saturated carbocycles. The first-order chi connectivity index (χ1) is 24.7. The Balaban J connectivity index is -0.0000125. The lowest BCUT2D eigenvalue weighted by atomic mass is 9.84. The van der Waals surface area contributed by atoms with Crippen LogP contribution in [0.5, 0.6) is 0 Å². The molecule has 0 aromatic heterocycles. The van der Waals surface area contributed by atoms with Gasteiger partial charge in [0.1, 0.15) is 13.1 Å². The molecule has 0 rings (SSSR count). The fraction of sp³-hybridized carbons (Fsp3) is 1.00. The zero-order valence-electron chi connectivity index (χ0n) is 37.2. The molecule has 324 valence electrons. The average Bonchev–Trinajstić information content (AvgIpc) is 3.11. The number of rotatable bonds is 42. The normalized spacial score (nSPS) is 12.2. The van der Waals surface area contributed by atoms with E-state index in [1.807, 2.05) is 0 Å². The number of unbranched alkanes of at least 4 members (excludes halogenated alkanes) is 18. The van der Waals surface area contributed by atoms with Crippen molar-refractivity contribution >= 4 is 0 Å². The number of halogens is 2. The highest BCUT2D eigenvalue weighted by molar-refractivity contribution is 4.80. The van der Waals surface area contributed by atoms with Crippen LogP contribution in [-0.2, 0) is 18.9 Å². The van der Waals surface area contributed by atoms with Gasteiger partial charge in [0.2, 0.25) is 0 Å². The lowest BCUT2D eigenvalue weighted by Crippen LogP contribution is -3.00. The highest BCUT2D eigenvalue weighted by Crippen LogP contribution is 2.28. The van der Waals surface area contributed by atoms with Crippen molar-refractivity contribution in [3.8, 4) is 0 Å². The first kappa shape index (κ1) is 58.0. The van der Waals surface area contributed by atoms with Crippen LogP contribution < -0.4 is 34.0 Å². The molecule has 0 amide bonds. The van der Waals surface area contributed by atoms with Crippen molar-refractivity contribution in [3.63, 3.8) is 0 Å². The standard InChI is InChI=1S/C45H96N2O4.2BrH/c1-9-13-17-19-20-21-22-23-26-31-39-49-42-45(43-50-40-35-46(5,6)33-15-11-3,44-51-41-36-47(7,8)34-16-12-4)32-28-25-24-27-30-38-48-37-29-18-14-10-2;;/h9-44H2,1-8H3;2*1H/q+2;;/p-2. The molecule has 0 heterocycles. The fourth-order valence-electron chi connectivity index (χ4n) is 6.89. The van der Waals surface area contributed by atoms with E-state index in [2.05, 4.69) is 55.9 Å². The SMILES string of the molecule is CCCCCCCCCCCCOCC(CCCCCCCOCCCCCC)(COCC[N+](C)(C)CCCC)COCC[N+](C)(C)CCCC.[Br-].[Br-]. The van der Waals surface area contributed by atoms with E-state index >= 15 is 0 Å². The summed E-state index contributed by atoms with van der Waals surface area (Å²) in [6, 6.07) is 0. The van der Waals surface area contributed by atoms with Gasteiger partial charge in [0.05, 0.1) is 74.3 Å². The van der Waals surface area contributed by atoms with E-state index in [1.165, 1.54) is 161 Å². The molecule has 0 aliphatic carbocycles.